The first-order chi connectivity index (χ1) is 6.45. The van der Waals surface area contributed by atoms with Crippen molar-refractivity contribution in [3.05, 3.63) is 24.3 Å². The van der Waals surface area contributed by atoms with Gasteiger partial charge in [-0.1, -0.05) is 52.0 Å². The zero-order chi connectivity index (χ0) is 11.2. The summed E-state index contributed by atoms with van der Waals surface area (Å²) in [7, 11) is 0. The first-order valence-corrected chi connectivity index (χ1v) is 5.74. The van der Waals surface area contributed by atoms with E-state index in [4.69, 9.17) is 0 Å². The Kier molecular flexibility index (Phi) is 5.83. The minimum absolute atomic E-state index is 0.382. The van der Waals surface area contributed by atoms with Crippen LogP contribution in [0.2, 0.25) is 0 Å². The van der Waals surface area contributed by atoms with Crippen molar-refractivity contribution < 1.29 is 0 Å². The van der Waals surface area contributed by atoms with E-state index in [9.17, 15) is 0 Å². The Morgan fingerprint density at radius 1 is 1.43 bits per heavy atom. The molecule has 0 spiro atoms. The van der Waals surface area contributed by atoms with Crippen molar-refractivity contribution in [3.63, 3.8) is 0 Å². The molecule has 0 saturated carbocycles. The minimum atomic E-state index is 0.382. The topological polar surface area (TPSA) is 0 Å². The van der Waals surface area contributed by atoms with Gasteiger partial charge >= 0.3 is 0 Å². The van der Waals surface area contributed by atoms with Gasteiger partial charge in [0, 0.05) is 0 Å². The van der Waals surface area contributed by atoms with Crippen LogP contribution < -0.4 is 0 Å². The second-order valence-corrected chi connectivity index (χ2v) is 4.83. The van der Waals surface area contributed by atoms with Crippen molar-refractivity contribution in [2.24, 2.45) is 11.3 Å². The van der Waals surface area contributed by atoms with Crippen molar-refractivity contribution >= 4 is 0 Å². The summed E-state index contributed by atoms with van der Waals surface area (Å²) >= 11 is 0. The molecule has 0 heteroatoms. The summed E-state index contributed by atoms with van der Waals surface area (Å²) in [4.78, 5) is 0. The maximum absolute atomic E-state index is 4.15. The highest BCUT2D eigenvalue weighted by atomic mass is 14.3. The van der Waals surface area contributed by atoms with Gasteiger partial charge in [-0.3, -0.25) is 0 Å². The molecule has 0 aromatic carbocycles. The Bertz CT molecular complexity index is 196. The van der Waals surface area contributed by atoms with Gasteiger partial charge in [0.15, 0.2) is 0 Å². The van der Waals surface area contributed by atoms with Crippen molar-refractivity contribution in [3.8, 4) is 0 Å². The molecule has 14 heavy (non-hydrogen) atoms. The number of allylic oxidation sites excluding steroid dienone is 3. The molecule has 0 aliphatic rings. The van der Waals surface area contributed by atoms with Crippen LogP contribution in [-0.4, -0.2) is 0 Å². The molecule has 0 fully saturated rings. The molecule has 1 unspecified atom stereocenters. The molecule has 0 amide bonds. The molecule has 0 aliphatic heterocycles. The number of rotatable bonds is 6. The van der Waals surface area contributed by atoms with Crippen LogP contribution in [0.1, 0.15) is 53.9 Å². The van der Waals surface area contributed by atoms with Crippen LogP contribution in [0.4, 0.5) is 0 Å². The molecule has 0 aromatic rings. The van der Waals surface area contributed by atoms with Gasteiger partial charge in [-0.15, -0.1) is 0 Å². The normalized spacial score (nSPS) is 14.6. The molecule has 0 N–H and O–H groups in total. The Hall–Kier alpha value is -0.520. The molecule has 0 nitrogen and oxygen atoms in total. The lowest BCUT2D eigenvalue weighted by Gasteiger charge is -2.33. The van der Waals surface area contributed by atoms with Gasteiger partial charge < -0.3 is 0 Å². The van der Waals surface area contributed by atoms with Crippen molar-refractivity contribution in [1.29, 1.82) is 0 Å². The van der Waals surface area contributed by atoms with E-state index in [2.05, 4.69) is 53.3 Å². The summed E-state index contributed by atoms with van der Waals surface area (Å²) in [5, 5.41) is 0. The van der Waals surface area contributed by atoms with E-state index in [0.717, 1.165) is 6.42 Å². The van der Waals surface area contributed by atoms with Gasteiger partial charge in [-0.2, -0.15) is 0 Å². The summed E-state index contributed by atoms with van der Waals surface area (Å²) in [5.74, 6) is 0.623. The maximum Gasteiger partial charge on any atom is -0.0183 e. The molecule has 0 aliphatic carbocycles. The molecule has 82 valence electrons. The van der Waals surface area contributed by atoms with Crippen molar-refractivity contribution in [2.75, 3.05) is 0 Å². The molecule has 0 aromatic heterocycles. The van der Waals surface area contributed by atoms with Gasteiger partial charge in [-0.25, -0.2) is 0 Å². The highest BCUT2D eigenvalue weighted by Gasteiger charge is 2.25. The molecule has 0 saturated heterocycles. The summed E-state index contributed by atoms with van der Waals surface area (Å²) in [6, 6.07) is 0. The fourth-order valence-electron chi connectivity index (χ4n) is 1.70. The van der Waals surface area contributed by atoms with Gasteiger partial charge in [0.2, 0.25) is 0 Å². The first-order valence-electron chi connectivity index (χ1n) is 5.74. The Morgan fingerprint density at radius 2 is 2.00 bits per heavy atom. The predicted molar refractivity (Wildman–Crippen MR) is 66.4 cm³/mol. The fourth-order valence-corrected chi connectivity index (χ4v) is 1.70. The zero-order valence-corrected chi connectivity index (χ0v) is 10.6. The summed E-state index contributed by atoms with van der Waals surface area (Å²) in [6.07, 6.45) is 7.93. The molecule has 0 bridgehead atoms. The van der Waals surface area contributed by atoms with Crippen LogP contribution in [0.3, 0.4) is 0 Å². The lowest BCUT2D eigenvalue weighted by atomic mass is 9.72. The lowest BCUT2D eigenvalue weighted by Crippen LogP contribution is -2.22. The standard InChI is InChI=1S/C14H26/c1-7-9-10-11-14(5,6)13(4)12(3)8-2/h7,9,13H,3,8,10-11H2,1-2,4-6H3/b9-7-. The van der Waals surface area contributed by atoms with E-state index >= 15 is 0 Å². The maximum atomic E-state index is 4.15. The number of hydrogen-bond acceptors (Lipinski definition) is 0. The van der Waals surface area contributed by atoms with E-state index in [0.29, 0.717) is 11.3 Å². The number of hydrogen-bond donors (Lipinski definition) is 0. The molecule has 0 rings (SSSR count). The molecule has 1 atom stereocenters. The highest BCUT2D eigenvalue weighted by Crippen LogP contribution is 2.36. The average Bonchev–Trinajstić information content (AvgIpc) is 2.15. The second-order valence-electron chi connectivity index (χ2n) is 4.83. The summed E-state index contributed by atoms with van der Waals surface area (Å²) < 4.78 is 0. The van der Waals surface area contributed by atoms with Crippen LogP contribution in [0, 0.1) is 11.3 Å². The van der Waals surface area contributed by atoms with E-state index in [1.54, 1.807) is 0 Å². The van der Waals surface area contributed by atoms with E-state index < -0.39 is 0 Å². The van der Waals surface area contributed by atoms with Crippen molar-refractivity contribution in [1.82, 2.24) is 0 Å². The highest BCUT2D eigenvalue weighted by molar-refractivity contribution is 5.03. The monoisotopic (exact) mass is 194 g/mol. The van der Waals surface area contributed by atoms with Crippen LogP contribution in [-0.2, 0) is 0 Å². The Labute approximate surface area is 90.1 Å². The molecule has 0 heterocycles. The smallest absolute Gasteiger partial charge is 0.0183 e. The third kappa shape index (κ3) is 4.13. The van der Waals surface area contributed by atoms with E-state index in [1.165, 1.54) is 18.4 Å². The first kappa shape index (κ1) is 13.5. The van der Waals surface area contributed by atoms with Crippen molar-refractivity contribution in [2.45, 2.75) is 53.9 Å². The zero-order valence-electron chi connectivity index (χ0n) is 10.6. The lowest BCUT2D eigenvalue weighted by molar-refractivity contribution is 0.242. The predicted octanol–water partition coefficient (Wildman–Crippen LogP) is 4.97. The van der Waals surface area contributed by atoms with Gasteiger partial charge in [0.1, 0.15) is 0 Å². The van der Waals surface area contributed by atoms with Crippen LogP contribution in [0.25, 0.3) is 0 Å². The third-order valence-electron chi connectivity index (χ3n) is 3.43. The molecular weight excluding hydrogens is 168 g/mol. The van der Waals surface area contributed by atoms with E-state index in [-0.39, 0.29) is 0 Å². The average molecular weight is 194 g/mol. The summed E-state index contributed by atoms with van der Waals surface area (Å²) in [6.45, 7) is 15.4. The third-order valence-corrected chi connectivity index (χ3v) is 3.43. The quantitative estimate of drug-likeness (QED) is 0.524. The summed E-state index contributed by atoms with van der Waals surface area (Å²) in [5.41, 5.74) is 1.77. The van der Waals surface area contributed by atoms with Gasteiger partial charge in [0.05, 0.1) is 0 Å². The Morgan fingerprint density at radius 3 is 2.43 bits per heavy atom. The minimum Gasteiger partial charge on any atom is -0.0996 e. The Balaban J connectivity index is 4.22. The van der Waals surface area contributed by atoms with Crippen LogP contribution in [0.5, 0.6) is 0 Å². The molecular formula is C14H26. The largest absolute Gasteiger partial charge is 0.0996 e. The van der Waals surface area contributed by atoms with Crippen LogP contribution in [0.15, 0.2) is 24.3 Å². The second kappa shape index (κ2) is 6.06. The SMILES string of the molecule is C=C(CC)C(C)C(C)(C)CC/C=C\C. The van der Waals surface area contributed by atoms with Crippen LogP contribution >= 0.6 is 0 Å². The van der Waals surface area contributed by atoms with Gasteiger partial charge in [-0.05, 0) is 37.5 Å². The van der Waals surface area contributed by atoms with E-state index in [1.807, 2.05) is 0 Å². The fraction of sp³-hybridized carbons (Fsp3) is 0.714. The molecule has 0 radical (unpaired) electrons. The van der Waals surface area contributed by atoms with Gasteiger partial charge in [0.25, 0.3) is 0 Å².